The van der Waals surface area contributed by atoms with Crippen LogP contribution >= 0.6 is 22.9 Å². The van der Waals surface area contributed by atoms with Gasteiger partial charge >= 0.3 is 0 Å². The Morgan fingerprint density at radius 2 is 1.66 bits per heavy atom. The number of thiophene rings is 1. The van der Waals surface area contributed by atoms with E-state index in [0.717, 1.165) is 61.8 Å². The first kappa shape index (κ1) is 22.4. The first-order valence-corrected chi connectivity index (χ1v) is 14.7. The first-order chi connectivity index (χ1) is 17.0. The molecule has 1 atom stereocenters. The first-order valence-electron chi connectivity index (χ1n) is 13.4. The molecule has 2 amide bonds. The monoisotopic (exact) mass is 508 g/mol. The van der Waals surface area contributed by atoms with Crippen molar-refractivity contribution in [2.24, 2.45) is 23.2 Å². The van der Waals surface area contributed by atoms with E-state index >= 15 is 0 Å². The van der Waals surface area contributed by atoms with E-state index in [2.05, 4.69) is 11.4 Å². The van der Waals surface area contributed by atoms with Crippen LogP contribution in [-0.4, -0.2) is 40.7 Å². The van der Waals surface area contributed by atoms with Gasteiger partial charge < -0.3 is 9.80 Å². The molecular formula is C29H33ClN2O2S. The zero-order valence-corrected chi connectivity index (χ0v) is 21.7. The molecule has 0 N–H and O–H groups in total. The topological polar surface area (TPSA) is 40.6 Å². The molecule has 5 fully saturated rings. The summed E-state index contributed by atoms with van der Waals surface area (Å²) in [5, 5.41) is 2.84. The van der Waals surface area contributed by atoms with Crippen molar-refractivity contribution >= 4 is 34.8 Å². The summed E-state index contributed by atoms with van der Waals surface area (Å²) in [7, 11) is 0. The third kappa shape index (κ3) is 3.85. The second-order valence-corrected chi connectivity index (χ2v) is 13.4. The fraction of sp³-hybridized carbons (Fsp3) is 0.586. The summed E-state index contributed by atoms with van der Waals surface area (Å²) in [6, 6.07) is 10.2. The van der Waals surface area contributed by atoms with Crippen LogP contribution in [0.1, 0.15) is 73.4 Å². The molecule has 4 bridgehead atoms. The average Bonchev–Trinajstić information content (AvgIpc) is 3.57. The molecule has 1 aromatic heterocycles. The summed E-state index contributed by atoms with van der Waals surface area (Å²) in [6.07, 6.45) is 10.1. The van der Waals surface area contributed by atoms with E-state index in [0.29, 0.717) is 17.5 Å². The summed E-state index contributed by atoms with van der Waals surface area (Å²) < 4.78 is 0. The van der Waals surface area contributed by atoms with E-state index < -0.39 is 0 Å². The van der Waals surface area contributed by atoms with Crippen LogP contribution in [0.2, 0.25) is 5.02 Å². The molecule has 6 heteroatoms. The average molecular weight is 509 g/mol. The Morgan fingerprint density at radius 3 is 2.29 bits per heavy atom. The summed E-state index contributed by atoms with van der Waals surface area (Å²) >= 11 is 7.96. The summed E-state index contributed by atoms with van der Waals surface area (Å²) in [6.45, 7) is 0.929. The molecule has 0 spiro atoms. The second kappa shape index (κ2) is 8.34. The van der Waals surface area contributed by atoms with Crippen LogP contribution in [-0.2, 0) is 16.0 Å². The Hall–Kier alpha value is -1.85. The van der Waals surface area contributed by atoms with Crippen LogP contribution in [0.4, 0.5) is 0 Å². The van der Waals surface area contributed by atoms with Crippen molar-refractivity contribution in [2.75, 3.05) is 13.1 Å². The lowest BCUT2D eigenvalue weighted by atomic mass is 9.49. The standard InChI is InChI=1S/C29H33ClN2O2S/c30-22-3-1-21(2-4-22)27-24-8-10-35-25(24)7-9-31(27)26(33)17-32(23-5-6-23)28(34)29-14-18-11-19(15-29)13-20(12-18)16-29/h1-4,8,10,18-20,23,27H,5-7,9,11-17H2. The quantitative estimate of drug-likeness (QED) is 0.491. The van der Waals surface area contributed by atoms with Gasteiger partial charge in [-0.25, -0.2) is 0 Å². The van der Waals surface area contributed by atoms with Crippen molar-refractivity contribution in [1.29, 1.82) is 0 Å². The molecule has 5 saturated carbocycles. The van der Waals surface area contributed by atoms with Crippen molar-refractivity contribution in [3.63, 3.8) is 0 Å². The van der Waals surface area contributed by atoms with Gasteiger partial charge in [0.05, 0.1) is 11.5 Å². The zero-order valence-electron chi connectivity index (χ0n) is 20.1. The minimum atomic E-state index is -0.185. The van der Waals surface area contributed by atoms with E-state index in [4.69, 9.17) is 11.6 Å². The maximum atomic E-state index is 14.2. The molecule has 184 valence electrons. The number of nitrogens with zero attached hydrogens (tertiary/aromatic N) is 2. The van der Waals surface area contributed by atoms with E-state index in [9.17, 15) is 9.59 Å². The van der Waals surface area contributed by atoms with Crippen molar-refractivity contribution in [3.8, 4) is 0 Å². The van der Waals surface area contributed by atoms with Crippen LogP contribution in [0.25, 0.3) is 0 Å². The number of benzene rings is 1. The van der Waals surface area contributed by atoms with Crippen LogP contribution < -0.4 is 0 Å². The Labute approximate surface area is 216 Å². The van der Waals surface area contributed by atoms with Crippen LogP contribution in [0.5, 0.6) is 0 Å². The maximum Gasteiger partial charge on any atom is 0.243 e. The largest absolute Gasteiger partial charge is 0.330 e. The Bertz CT molecular complexity index is 1120. The SMILES string of the molecule is O=C(CN(C(=O)C12CC3CC(CC(C3)C1)C2)C1CC1)N1CCc2sccc2C1c1ccc(Cl)cc1. The Kier molecular flexibility index (Phi) is 5.33. The molecule has 1 unspecified atom stereocenters. The van der Waals surface area contributed by atoms with Gasteiger partial charge in [-0.1, -0.05) is 23.7 Å². The summed E-state index contributed by atoms with van der Waals surface area (Å²) in [5.74, 6) is 2.59. The molecular weight excluding hydrogens is 476 g/mol. The number of rotatable bonds is 5. The van der Waals surface area contributed by atoms with Gasteiger partial charge in [0.1, 0.15) is 6.54 Å². The summed E-state index contributed by atoms with van der Waals surface area (Å²) in [5.41, 5.74) is 2.13. The highest BCUT2D eigenvalue weighted by Crippen LogP contribution is 2.61. The van der Waals surface area contributed by atoms with Gasteiger partial charge in [0, 0.05) is 22.5 Å². The molecule has 8 rings (SSSR count). The molecule has 35 heavy (non-hydrogen) atoms. The molecule has 0 saturated heterocycles. The number of carbonyl (C=O) groups excluding carboxylic acids is 2. The van der Waals surface area contributed by atoms with E-state index in [1.54, 1.807) is 11.3 Å². The molecule has 5 aliphatic carbocycles. The fourth-order valence-corrected chi connectivity index (χ4v) is 9.29. The van der Waals surface area contributed by atoms with Crippen molar-refractivity contribution in [2.45, 2.75) is 69.9 Å². The highest BCUT2D eigenvalue weighted by molar-refractivity contribution is 7.10. The predicted octanol–water partition coefficient (Wildman–Crippen LogP) is 6.08. The number of amides is 2. The molecule has 4 nitrogen and oxygen atoms in total. The second-order valence-electron chi connectivity index (χ2n) is 12.0. The van der Waals surface area contributed by atoms with E-state index in [1.807, 2.05) is 34.1 Å². The van der Waals surface area contributed by atoms with Crippen molar-refractivity contribution in [3.05, 3.63) is 56.7 Å². The van der Waals surface area contributed by atoms with Gasteiger partial charge in [-0.3, -0.25) is 9.59 Å². The highest BCUT2D eigenvalue weighted by atomic mass is 35.5. The fourth-order valence-electron chi connectivity index (χ4n) is 8.26. The third-order valence-electron chi connectivity index (χ3n) is 9.52. The Balaban J connectivity index is 1.16. The third-order valence-corrected chi connectivity index (χ3v) is 10.8. The van der Waals surface area contributed by atoms with E-state index in [1.165, 1.54) is 29.7 Å². The van der Waals surface area contributed by atoms with Crippen LogP contribution in [0.15, 0.2) is 35.7 Å². The molecule has 6 aliphatic rings. The van der Waals surface area contributed by atoms with Gasteiger partial charge in [0.25, 0.3) is 0 Å². The van der Waals surface area contributed by atoms with Crippen molar-refractivity contribution < 1.29 is 9.59 Å². The zero-order chi connectivity index (χ0) is 23.7. The van der Waals surface area contributed by atoms with Gasteiger partial charge in [-0.2, -0.15) is 0 Å². The van der Waals surface area contributed by atoms with Gasteiger partial charge in [0.2, 0.25) is 11.8 Å². The number of halogens is 1. The van der Waals surface area contributed by atoms with Gasteiger partial charge in [-0.15, -0.1) is 11.3 Å². The van der Waals surface area contributed by atoms with Gasteiger partial charge in [0.15, 0.2) is 0 Å². The van der Waals surface area contributed by atoms with Crippen LogP contribution in [0, 0.1) is 23.2 Å². The smallest absolute Gasteiger partial charge is 0.243 e. The lowest BCUT2D eigenvalue weighted by Gasteiger charge is -2.56. The molecule has 2 aromatic rings. The minimum Gasteiger partial charge on any atom is -0.330 e. The Morgan fingerprint density at radius 1 is 1.00 bits per heavy atom. The molecule has 2 heterocycles. The molecule has 1 aliphatic heterocycles. The molecule has 0 radical (unpaired) electrons. The molecule has 1 aromatic carbocycles. The lowest BCUT2D eigenvalue weighted by molar-refractivity contribution is -0.161. The number of carbonyl (C=O) groups is 2. The highest BCUT2D eigenvalue weighted by Gasteiger charge is 2.57. The maximum absolute atomic E-state index is 14.2. The number of fused-ring (bicyclic) bond motifs is 1. The van der Waals surface area contributed by atoms with Gasteiger partial charge in [-0.05, 0) is 110 Å². The number of hydrogen-bond donors (Lipinski definition) is 0. The van der Waals surface area contributed by atoms with E-state index in [-0.39, 0.29) is 30.0 Å². The summed E-state index contributed by atoms with van der Waals surface area (Å²) in [4.78, 5) is 33.6. The van der Waals surface area contributed by atoms with Crippen LogP contribution in [0.3, 0.4) is 0 Å². The minimum absolute atomic E-state index is 0.0896. The normalized spacial score (nSPS) is 33.0. The lowest BCUT2D eigenvalue weighted by Crippen LogP contribution is -2.57. The van der Waals surface area contributed by atoms with Crippen molar-refractivity contribution in [1.82, 2.24) is 9.80 Å². The number of hydrogen-bond acceptors (Lipinski definition) is 3. The predicted molar refractivity (Wildman–Crippen MR) is 138 cm³/mol.